The van der Waals surface area contributed by atoms with E-state index >= 15 is 0 Å². The molecule has 0 aliphatic carbocycles. The van der Waals surface area contributed by atoms with E-state index in [0.717, 1.165) is 19.6 Å². The first-order valence-electron chi connectivity index (χ1n) is 13.3. The van der Waals surface area contributed by atoms with Gasteiger partial charge in [-0.3, -0.25) is 24.2 Å². The van der Waals surface area contributed by atoms with Gasteiger partial charge in [0.05, 0.1) is 19.6 Å². The Balaban J connectivity index is 5.46. The lowest BCUT2D eigenvalue weighted by Crippen LogP contribution is -2.47. The maximum absolute atomic E-state index is 12.5. The van der Waals surface area contributed by atoms with Gasteiger partial charge in [0.15, 0.2) is 0 Å². The van der Waals surface area contributed by atoms with E-state index in [-0.39, 0.29) is 30.5 Å². The molecule has 1 N–H and O–H groups in total. The fourth-order valence-corrected chi connectivity index (χ4v) is 3.91. The van der Waals surface area contributed by atoms with Crippen molar-refractivity contribution in [3.8, 4) is 0 Å². The Kier molecular flexibility index (Phi) is 13.8. The van der Waals surface area contributed by atoms with E-state index in [9.17, 15) is 19.5 Å². The Bertz CT molecular complexity index is 680. The number of carbonyl (C=O) groups excluding carboxylic acids is 2. The van der Waals surface area contributed by atoms with Crippen LogP contribution in [0.1, 0.15) is 83.1 Å². The van der Waals surface area contributed by atoms with E-state index in [4.69, 9.17) is 9.47 Å². The van der Waals surface area contributed by atoms with E-state index < -0.39 is 29.1 Å². The molecule has 0 saturated carbocycles. The number of carboxylic acids is 1. The van der Waals surface area contributed by atoms with Crippen LogP contribution in [0.3, 0.4) is 0 Å². The number of aliphatic carboxylic acids is 1. The Morgan fingerprint density at radius 2 is 0.865 bits per heavy atom. The molecule has 0 aliphatic rings. The number of hydrogen-bond acceptors (Lipinski definition) is 8. The van der Waals surface area contributed by atoms with Crippen LogP contribution in [-0.2, 0) is 23.9 Å². The van der Waals surface area contributed by atoms with Crippen LogP contribution in [0.4, 0.5) is 0 Å². The minimum Gasteiger partial charge on any atom is -0.480 e. The van der Waals surface area contributed by atoms with Crippen molar-refractivity contribution < 1.29 is 29.0 Å². The van der Waals surface area contributed by atoms with Gasteiger partial charge in [-0.15, -0.1) is 0 Å². The summed E-state index contributed by atoms with van der Waals surface area (Å²) in [6.07, 6.45) is 0. The molecule has 0 atom stereocenters. The highest BCUT2D eigenvalue weighted by atomic mass is 16.6. The largest absolute Gasteiger partial charge is 0.480 e. The summed E-state index contributed by atoms with van der Waals surface area (Å²) in [5.74, 6) is -1.80. The minimum absolute atomic E-state index is 0.0857. The number of hydrogen-bond donors (Lipinski definition) is 1. The van der Waals surface area contributed by atoms with Crippen LogP contribution in [0.25, 0.3) is 0 Å². The molecule has 0 rings (SSSR count). The molecule has 9 heteroatoms. The van der Waals surface area contributed by atoms with Crippen molar-refractivity contribution in [2.75, 3.05) is 58.9 Å². The van der Waals surface area contributed by atoms with Gasteiger partial charge in [-0.25, -0.2) is 0 Å². The lowest BCUT2D eigenvalue weighted by atomic mass is 9.92. The van der Waals surface area contributed by atoms with Crippen LogP contribution in [0.2, 0.25) is 0 Å². The molecule has 0 aromatic carbocycles. The molecule has 0 saturated heterocycles. The van der Waals surface area contributed by atoms with Gasteiger partial charge < -0.3 is 19.5 Å². The predicted octanol–water partition coefficient (Wildman–Crippen LogP) is 3.75. The van der Waals surface area contributed by atoms with Gasteiger partial charge in [0.2, 0.25) is 0 Å². The molecule has 0 aromatic heterocycles. The molecule has 218 valence electrons. The number of esters is 2. The second-order valence-corrected chi connectivity index (χ2v) is 14.4. The zero-order valence-corrected chi connectivity index (χ0v) is 25.7. The Hall–Kier alpha value is -1.71. The first-order valence-corrected chi connectivity index (χ1v) is 13.3. The quantitative estimate of drug-likeness (QED) is 0.337. The van der Waals surface area contributed by atoms with Gasteiger partial charge in [-0.05, 0) is 52.4 Å². The van der Waals surface area contributed by atoms with E-state index in [2.05, 4.69) is 46.4 Å². The van der Waals surface area contributed by atoms with Crippen LogP contribution >= 0.6 is 0 Å². The van der Waals surface area contributed by atoms with Gasteiger partial charge in [0.1, 0.15) is 11.2 Å². The van der Waals surface area contributed by atoms with Gasteiger partial charge in [0.25, 0.3) is 0 Å². The van der Waals surface area contributed by atoms with Crippen LogP contribution < -0.4 is 0 Å². The molecular weight excluding hydrogens is 474 g/mol. The molecule has 0 bridgehead atoms. The summed E-state index contributed by atoms with van der Waals surface area (Å²) < 4.78 is 10.9. The molecule has 0 aliphatic heterocycles. The van der Waals surface area contributed by atoms with Crippen molar-refractivity contribution in [2.45, 2.75) is 94.3 Å². The number of rotatable bonds is 14. The summed E-state index contributed by atoms with van der Waals surface area (Å²) in [6.45, 7) is 27.4. The number of nitrogens with zero attached hydrogens (tertiary/aromatic N) is 3. The second-order valence-electron chi connectivity index (χ2n) is 14.4. The molecular formula is C28H55N3O6. The average Bonchev–Trinajstić information content (AvgIpc) is 2.57. The molecule has 37 heavy (non-hydrogen) atoms. The van der Waals surface area contributed by atoms with Gasteiger partial charge in [0, 0.05) is 39.3 Å². The molecule has 0 amide bonds. The normalized spacial score (nSPS) is 13.4. The third kappa shape index (κ3) is 22.0. The third-order valence-electron chi connectivity index (χ3n) is 4.77. The van der Waals surface area contributed by atoms with Crippen molar-refractivity contribution in [2.24, 2.45) is 10.8 Å². The van der Waals surface area contributed by atoms with Crippen molar-refractivity contribution in [1.29, 1.82) is 0 Å². The summed E-state index contributed by atoms with van der Waals surface area (Å²) in [5, 5.41) is 9.52. The summed E-state index contributed by atoms with van der Waals surface area (Å²) in [4.78, 5) is 42.5. The standard InChI is InChI=1S/C28H55N3O6/c1-25(2,3)20-31(21-26(4,5)6)16-14-29(17-22(32)33)13-15-30(18-23(34)36-27(7,8)9)19-24(35)37-28(10,11)12/h13-21H2,1-12H3,(H,32,33). The van der Waals surface area contributed by atoms with Crippen LogP contribution in [0, 0.1) is 10.8 Å². The van der Waals surface area contributed by atoms with E-state index in [1.165, 1.54) is 0 Å². The summed E-state index contributed by atoms with van der Waals surface area (Å²) in [7, 11) is 0. The Morgan fingerprint density at radius 3 is 1.16 bits per heavy atom. The molecule has 0 heterocycles. The fourth-order valence-electron chi connectivity index (χ4n) is 3.91. The summed E-state index contributed by atoms with van der Waals surface area (Å²) in [6, 6.07) is 0. The third-order valence-corrected chi connectivity index (χ3v) is 4.77. The molecule has 9 nitrogen and oxygen atoms in total. The first kappa shape index (κ1) is 35.3. The molecule has 0 fully saturated rings. The lowest BCUT2D eigenvalue weighted by Gasteiger charge is -2.36. The molecule has 0 radical (unpaired) electrons. The fraction of sp³-hybridized carbons (Fsp3) is 0.893. The maximum atomic E-state index is 12.5. The first-order chi connectivity index (χ1) is 16.4. The topological polar surface area (TPSA) is 99.6 Å². The number of carboxylic acid groups (broad SMARTS) is 1. The van der Waals surface area contributed by atoms with E-state index in [0.29, 0.717) is 19.6 Å². The zero-order chi connectivity index (χ0) is 29.2. The molecule has 0 aromatic rings. The van der Waals surface area contributed by atoms with Crippen molar-refractivity contribution in [1.82, 2.24) is 14.7 Å². The monoisotopic (exact) mass is 529 g/mol. The Labute approximate surface area is 225 Å². The highest BCUT2D eigenvalue weighted by Gasteiger charge is 2.25. The molecule has 0 unspecified atom stereocenters. The average molecular weight is 530 g/mol. The number of carbonyl (C=O) groups is 3. The predicted molar refractivity (Wildman–Crippen MR) is 148 cm³/mol. The van der Waals surface area contributed by atoms with Crippen LogP contribution in [0.15, 0.2) is 0 Å². The minimum atomic E-state index is -0.913. The smallest absolute Gasteiger partial charge is 0.320 e. The zero-order valence-electron chi connectivity index (χ0n) is 25.7. The van der Waals surface area contributed by atoms with Crippen molar-refractivity contribution in [3.63, 3.8) is 0 Å². The second kappa shape index (κ2) is 14.4. The van der Waals surface area contributed by atoms with Crippen LogP contribution in [-0.4, -0.2) is 108 Å². The summed E-state index contributed by atoms with van der Waals surface area (Å²) in [5.41, 5.74) is -1.07. The SMILES string of the molecule is CC(C)(C)CN(CCN(CCN(CC(=O)OC(C)(C)C)CC(=O)OC(C)(C)C)CC(=O)O)CC(C)(C)C. The van der Waals surface area contributed by atoms with Gasteiger partial charge in [-0.2, -0.15) is 0 Å². The van der Waals surface area contributed by atoms with Gasteiger partial charge in [-0.1, -0.05) is 41.5 Å². The molecule has 0 spiro atoms. The van der Waals surface area contributed by atoms with Crippen molar-refractivity contribution in [3.05, 3.63) is 0 Å². The Morgan fingerprint density at radius 1 is 0.541 bits per heavy atom. The summed E-state index contributed by atoms with van der Waals surface area (Å²) >= 11 is 0. The van der Waals surface area contributed by atoms with Gasteiger partial charge >= 0.3 is 17.9 Å². The van der Waals surface area contributed by atoms with E-state index in [1.807, 2.05) is 4.90 Å². The highest BCUT2D eigenvalue weighted by Crippen LogP contribution is 2.21. The highest BCUT2D eigenvalue weighted by molar-refractivity contribution is 5.75. The lowest BCUT2D eigenvalue weighted by molar-refractivity contribution is -0.160. The van der Waals surface area contributed by atoms with E-state index in [1.54, 1.807) is 46.4 Å². The number of ether oxygens (including phenoxy) is 2. The van der Waals surface area contributed by atoms with Crippen LogP contribution in [0.5, 0.6) is 0 Å². The maximum Gasteiger partial charge on any atom is 0.320 e. The van der Waals surface area contributed by atoms with Crippen molar-refractivity contribution >= 4 is 17.9 Å².